The first-order chi connectivity index (χ1) is 25.7. The molecular weight excluding hydrogens is 686 g/mol. The van der Waals surface area contributed by atoms with Gasteiger partial charge in [0.25, 0.3) is 17.5 Å². The van der Waals surface area contributed by atoms with E-state index in [1.165, 1.54) is 57.0 Å². The van der Waals surface area contributed by atoms with Gasteiger partial charge in [0.1, 0.15) is 28.6 Å². The van der Waals surface area contributed by atoms with E-state index in [0.717, 1.165) is 12.1 Å². The molecule has 5 aromatic carbocycles. The summed E-state index contributed by atoms with van der Waals surface area (Å²) < 4.78 is 21.0. The topological polar surface area (TPSA) is 197 Å². The Balaban J connectivity index is 1.16. The molecule has 0 saturated heterocycles. The van der Waals surface area contributed by atoms with E-state index >= 15 is 0 Å². The molecule has 0 bridgehead atoms. The molecule has 0 radical (unpaired) electrons. The quantitative estimate of drug-likeness (QED) is 0.0510. The third-order valence-corrected chi connectivity index (χ3v) is 7.29. The summed E-state index contributed by atoms with van der Waals surface area (Å²) >= 11 is 0. The van der Waals surface area contributed by atoms with Crippen LogP contribution in [0.2, 0.25) is 0 Å². The van der Waals surface area contributed by atoms with E-state index in [-0.39, 0.29) is 17.1 Å². The fourth-order valence-electron chi connectivity index (χ4n) is 4.67. The van der Waals surface area contributed by atoms with E-state index in [2.05, 4.69) is 21.1 Å². The zero-order valence-electron chi connectivity index (χ0n) is 28.0. The second-order valence-electron chi connectivity index (χ2n) is 10.7. The number of para-hydroxylation sites is 2. The lowest BCUT2D eigenvalue weighted by Crippen LogP contribution is -2.18. The highest BCUT2D eigenvalue weighted by Crippen LogP contribution is 2.25. The number of hydrogen-bond acceptors (Lipinski definition) is 12. The second kappa shape index (κ2) is 17.3. The van der Waals surface area contributed by atoms with Crippen LogP contribution >= 0.6 is 0 Å². The van der Waals surface area contributed by atoms with Crippen molar-refractivity contribution >= 4 is 41.9 Å². The first-order valence-corrected chi connectivity index (χ1v) is 15.5. The highest BCUT2D eigenvalue weighted by Gasteiger charge is 2.25. The van der Waals surface area contributed by atoms with E-state index in [9.17, 15) is 29.3 Å². The van der Waals surface area contributed by atoms with Gasteiger partial charge in [-0.2, -0.15) is 10.2 Å². The molecular formula is C38H29N5O10. The minimum Gasteiger partial charge on any atom is -0.496 e. The Morgan fingerprint density at radius 2 is 1.06 bits per heavy atom. The van der Waals surface area contributed by atoms with Gasteiger partial charge in [-0.15, -0.1) is 0 Å². The van der Waals surface area contributed by atoms with E-state index < -0.39 is 39.9 Å². The standard InChI is InChI=1S/C38H29N5O10/c1-50-33-9-5-3-7-30(33)35(44)41-39-22-24-11-16-27(17-12-24)52-37(46)26-15-20-29(32(21-26)43(48)49)38(47)53-28-18-13-25(14-19-28)23-40-42-36(45)31-8-4-6-10-34(31)51-2/h3-23H,1-2H3,(H,41,44)(H,42,45)/b39-22-,40-23-. The number of nitrogens with one attached hydrogen (secondary N) is 2. The van der Waals surface area contributed by atoms with Crippen molar-refractivity contribution in [3.05, 3.63) is 159 Å². The Morgan fingerprint density at radius 3 is 1.51 bits per heavy atom. The molecule has 0 atom stereocenters. The van der Waals surface area contributed by atoms with E-state index in [1.54, 1.807) is 72.8 Å². The van der Waals surface area contributed by atoms with Crippen molar-refractivity contribution in [3.8, 4) is 23.0 Å². The van der Waals surface area contributed by atoms with Gasteiger partial charge in [-0.25, -0.2) is 20.4 Å². The number of nitro groups is 1. The van der Waals surface area contributed by atoms with Crippen LogP contribution in [0.4, 0.5) is 5.69 Å². The number of hydrazone groups is 2. The number of carbonyl (C=O) groups excluding carboxylic acids is 4. The van der Waals surface area contributed by atoms with Crippen LogP contribution in [-0.2, 0) is 0 Å². The Hall–Kier alpha value is -7.68. The highest BCUT2D eigenvalue weighted by atomic mass is 16.6. The molecule has 0 saturated carbocycles. The van der Waals surface area contributed by atoms with Crippen LogP contribution < -0.4 is 29.8 Å². The average molecular weight is 716 g/mol. The largest absolute Gasteiger partial charge is 0.496 e. The lowest BCUT2D eigenvalue weighted by Gasteiger charge is -2.08. The zero-order valence-corrected chi connectivity index (χ0v) is 28.0. The van der Waals surface area contributed by atoms with Crippen molar-refractivity contribution in [2.75, 3.05) is 14.2 Å². The first-order valence-electron chi connectivity index (χ1n) is 15.5. The summed E-state index contributed by atoms with van der Waals surface area (Å²) in [5.74, 6) is -1.89. The van der Waals surface area contributed by atoms with Crippen molar-refractivity contribution in [3.63, 3.8) is 0 Å². The van der Waals surface area contributed by atoms with E-state index in [4.69, 9.17) is 18.9 Å². The molecule has 0 aromatic heterocycles. The molecule has 15 nitrogen and oxygen atoms in total. The van der Waals surface area contributed by atoms with Crippen LogP contribution in [0.3, 0.4) is 0 Å². The minimum atomic E-state index is -1.03. The summed E-state index contributed by atoms with van der Waals surface area (Å²) in [7, 11) is 2.90. The van der Waals surface area contributed by atoms with Gasteiger partial charge in [0.15, 0.2) is 0 Å². The van der Waals surface area contributed by atoms with Crippen LogP contribution in [0.25, 0.3) is 0 Å². The van der Waals surface area contributed by atoms with E-state index in [1.807, 2.05) is 0 Å². The first kappa shape index (κ1) is 36.6. The molecule has 0 aliphatic rings. The highest BCUT2D eigenvalue weighted by molar-refractivity contribution is 6.00. The maximum atomic E-state index is 12.9. The normalized spacial score (nSPS) is 10.8. The molecule has 0 heterocycles. The Morgan fingerprint density at radius 1 is 0.604 bits per heavy atom. The van der Waals surface area contributed by atoms with Crippen LogP contribution in [0.5, 0.6) is 23.0 Å². The van der Waals surface area contributed by atoms with Crippen molar-refractivity contribution in [2.45, 2.75) is 0 Å². The molecule has 0 spiro atoms. The van der Waals surface area contributed by atoms with Crippen molar-refractivity contribution < 1.29 is 43.0 Å². The number of benzene rings is 5. The summed E-state index contributed by atoms with van der Waals surface area (Å²) in [5.41, 5.74) is 5.30. The molecule has 5 rings (SSSR count). The molecule has 266 valence electrons. The predicted molar refractivity (Wildman–Crippen MR) is 192 cm³/mol. The maximum absolute atomic E-state index is 12.9. The summed E-state index contributed by atoms with van der Waals surface area (Å²) in [6, 6.07) is 28.6. The third-order valence-electron chi connectivity index (χ3n) is 7.29. The number of ether oxygens (including phenoxy) is 4. The van der Waals surface area contributed by atoms with Crippen LogP contribution in [0.1, 0.15) is 52.6 Å². The number of amides is 2. The van der Waals surface area contributed by atoms with Gasteiger partial charge >= 0.3 is 11.9 Å². The Bertz CT molecular complexity index is 2220. The average Bonchev–Trinajstić information content (AvgIpc) is 3.18. The van der Waals surface area contributed by atoms with Gasteiger partial charge in [-0.3, -0.25) is 19.7 Å². The summed E-state index contributed by atoms with van der Waals surface area (Å²) in [6.07, 6.45) is 2.76. The SMILES string of the molecule is COc1ccccc1C(=O)N/N=C\c1ccc(OC(=O)c2ccc(C(=O)Oc3ccc(/C=N\NC(=O)c4ccccc4OC)cc3)c([N+](=O)[O-])c2)cc1. The maximum Gasteiger partial charge on any atom is 0.350 e. The van der Waals surface area contributed by atoms with Gasteiger partial charge in [-0.1, -0.05) is 24.3 Å². The molecule has 0 fully saturated rings. The van der Waals surface area contributed by atoms with Crippen molar-refractivity contribution in [1.29, 1.82) is 0 Å². The summed E-state index contributed by atoms with van der Waals surface area (Å²) in [5, 5.41) is 19.7. The number of methoxy groups -OCH3 is 2. The molecule has 2 amide bonds. The van der Waals surface area contributed by atoms with Crippen LogP contribution in [0, 0.1) is 10.1 Å². The number of esters is 2. The van der Waals surface area contributed by atoms with Gasteiger partial charge < -0.3 is 18.9 Å². The number of hydrogen-bond donors (Lipinski definition) is 2. The molecule has 0 aliphatic carbocycles. The number of nitrogens with zero attached hydrogens (tertiary/aromatic N) is 3. The van der Waals surface area contributed by atoms with Gasteiger partial charge in [0.2, 0.25) is 0 Å². The third kappa shape index (κ3) is 9.52. The van der Waals surface area contributed by atoms with Crippen molar-refractivity contribution in [2.24, 2.45) is 10.2 Å². The monoisotopic (exact) mass is 715 g/mol. The smallest absolute Gasteiger partial charge is 0.350 e. The Labute approximate surface area is 301 Å². The van der Waals surface area contributed by atoms with Gasteiger partial charge in [0.05, 0.1) is 48.3 Å². The minimum absolute atomic E-state index is 0.0790. The lowest BCUT2D eigenvalue weighted by molar-refractivity contribution is -0.385. The molecule has 5 aromatic rings. The number of carbonyl (C=O) groups is 4. The number of rotatable bonds is 13. The second-order valence-corrected chi connectivity index (χ2v) is 10.7. The van der Waals surface area contributed by atoms with Gasteiger partial charge in [0, 0.05) is 6.07 Å². The molecule has 2 N–H and O–H groups in total. The number of nitro benzene ring substituents is 1. The van der Waals surface area contributed by atoms with E-state index in [0.29, 0.717) is 33.8 Å². The molecule has 53 heavy (non-hydrogen) atoms. The Kier molecular flexibility index (Phi) is 12.0. The summed E-state index contributed by atoms with van der Waals surface area (Å²) in [4.78, 5) is 61.6. The predicted octanol–water partition coefficient (Wildman–Crippen LogP) is 5.58. The molecule has 0 aliphatic heterocycles. The molecule has 15 heteroatoms. The summed E-state index contributed by atoms with van der Waals surface area (Å²) in [6.45, 7) is 0. The zero-order chi connectivity index (χ0) is 37.7. The van der Waals surface area contributed by atoms with Crippen molar-refractivity contribution in [1.82, 2.24) is 10.9 Å². The van der Waals surface area contributed by atoms with Gasteiger partial charge in [-0.05, 0) is 96.1 Å². The van der Waals surface area contributed by atoms with Crippen LogP contribution in [0.15, 0.2) is 125 Å². The fourth-order valence-corrected chi connectivity index (χ4v) is 4.67. The lowest BCUT2D eigenvalue weighted by atomic mass is 10.1. The van der Waals surface area contributed by atoms with Crippen LogP contribution in [-0.4, -0.2) is 55.3 Å². The fraction of sp³-hybridized carbons (Fsp3) is 0.0526. The molecule has 0 unspecified atom stereocenters.